The smallest absolute Gasteiger partial charge is 0.193 e. The molecule has 0 amide bonds. The molecule has 21 heavy (non-hydrogen) atoms. The minimum absolute atomic E-state index is 0.127. The molecule has 0 unspecified atom stereocenters. The highest BCUT2D eigenvalue weighted by molar-refractivity contribution is 9.10. The molecule has 2 aromatic carbocycles. The molecule has 0 aliphatic carbocycles. The quantitative estimate of drug-likeness (QED) is 0.778. The van der Waals surface area contributed by atoms with Gasteiger partial charge < -0.3 is 0 Å². The summed E-state index contributed by atoms with van der Waals surface area (Å²) in [6.45, 7) is 2.94. The van der Waals surface area contributed by atoms with Crippen LogP contribution in [0.25, 0.3) is 0 Å². The van der Waals surface area contributed by atoms with Gasteiger partial charge in [-0.1, -0.05) is 24.3 Å². The lowest BCUT2D eigenvalue weighted by atomic mass is 9.97. The van der Waals surface area contributed by atoms with Crippen LogP contribution in [0, 0.1) is 5.82 Å². The zero-order valence-electron chi connectivity index (χ0n) is 11.5. The van der Waals surface area contributed by atoms with Crippen molar-refractivity contribution in [2.45, 2.75) is 13.0 Å². The fourth-order valence-corrected chi connectivity index (χ4v) is 2.70. The Bertz CT molecular complexity index is 682. The third kappa shape index (κ3) is 3.06. The van der Waals surface area contributed by atoms with Crippen molar-refractivity contribution in [3.63, 3.8) is 0 Å². The average Bonchev–Trinajstić information content (AvgIpc) is 2.45. The lowest BCUT2D eigenvalue weighted by Gasteiger charge is -2.31. The van der Waals surface area contributed by atoms with E-state index in [4.69, 9.17) is 0 Å². The SMILES string of the molecule is O=C(c1ccc(Br)c(F)c1)c1ccccc1CN1CCC1. The first-order valence-corrected chi connectivity index (χ1v) is 7.74. The highest BCUT2D eigenvalue weighted by Gasteiger charge is 2.19. The van der Waals surface area contributed by atoms with Gasteiger partial charge in [0.25, 0.3) is 0 Å². The van der Waals surface area contributed by atoms with Crippen LogP contribution in [0.5, 0.6) is 0 Å². The Morgan fingerprint density at radius 2 is 1.95 bits per heavy atom. The standard InChI is InChI=1S/C17H15BrFNO/c18-15-7-6-12(10-16(15)19)17(21)14-5-2-1-4-13(14)11-20-8-3-9-20/h1-2,4-7,10H,3,8-9,11H2. The molecular weight excluding hydrogens is 333 g/mol. The van der Waals surface area contributed by atoms with Gasteiger partial charge >= 0.3 is 0 Å². The van der Waals surface area contributed by atoms with Gasteiger partial charge in [-0.3, -0.25) is 9.69 Å². The van der Waals surface area contributed by atoms with Gasteiger partial charge in [-0.15, -0.1) is 0 Å². The van der Waals surface area contributed by atoms with Crippen LogP contribution in [0.3, 0.4) is 0 Å². The van der Waals surface area contributed by atoms with Crippen molar-refractivity contribution in [3.8, 4) is 0 Å². The van der Waals surface area contributed by atoms with Crippen molar-refractivity contribution < 1.29 is 9.18 Å². The van der Waals surface area contributed by atoms with E-state index in [1.165, 1.54) is 12.5 Å². The highest BCUT2D eigenvalue weighted by Crippen LogP contribution is 2.22. The first kappa shape index (κ1) is 14.4. The van der Waals surface area contributed by atoms with E-state index in [-0.39, 0.29) is 5.78 Å². The highest BCUT2D eigenvalue weighted by atomic mass is 79.9. The molecule has 1 saturated heterocycles. The zero-order valence-corrected chi connectivity index (χ0v) is 13.1. The Balaban J connectivity index is 1.91. The summed E-state index contributed by atoms with van der Waals surface area (Å²) in [5.74, 6) is -0.543. The van der Waals surface area contributed by atoms with E-state index in [0.717, 1.165) is 25.2 Å². The van der Waals surface area contributed by atoms with E-state index < -0.39 is 5.82 Å². The lowest BCUT2D eigenvalue weighted by molar-refractivity contribution is 0.103. The van der Waals surface area contributed by atoms with E-state index in [1.807, 2.05) is 24.3 Å². The van der Waals surface area contributed by atoms with Gasteiger partial charge in [0.15, 0.2) is 5.78 Å². The number of likely N-dealkylation sites (tertiary alicyclic amines) is 1. The molecule has 0 saturated carbocycles. The van der Waals surface area contributed by atoms with Gasteiger partial charge in [0.05, 0.1) is 4.47 Å². The first-order valence-electron chi connectivity index (χ1n) is 6.95. The molecule has 0 atom stereocenters. The van der Waals surface area contributed by atoms with Gasteiger partial charge in [0.1, 0.15) is 5.82 Å². The Hall–Kier alpha value is -1.52. The van der Waals surface area contributed by atoms with Crippen LogP contribution in [0.1, 0.15) is 27.9 Å². The van der Waals surface area contributed by atoms with Crippen molar-refractivity contribution in [2.24, 2.45) is 0 Å². The van der Waals surface area contributed by atoms with Crippen molar-refractivity contribution in [2.75, 3.05) is 13.1 Å². The first-order chi connectivity index (χ1) is 10.1. The number of carbonyl (C=O) groups is 1. The van der Waals surface area contributed by atoms with E-state index in [1.54, 1.807) is 12.1 Å². The van der Waals surface area contributed by atoms with Crippen LogP contribution in [0.15, 0.2) is 46.9 Å². The zero-order chi connectivity index (χ0) is 14.8. The van der Waals surface area contributed by atoms with Gasteiger partial charge in [-0.2, -0.15) is 0 Å². The predicted octanol–water partition coefficient (Wildman–Crippen LogP) is 4.02. The van der Waals surface area contributed by atoms with Gasteiger partial charge in [0.2, 0.25) is 0 Å². The molecule has 1 aliphatic heterocycles. The predicted molar refractivity (Wildman–Crippen MR) is 83.9 cm³/mol. The monoisotopic (exact) mass is 347 g/mol. The van der Waals surface area contributed by atoms with Crippen LogP contribution in [-0.4, -0.2) is 23.8 Å². The minimum atomic E-state index is -0.416. The number of ketones is 1. The molecule has 0 aromatic heterocycles. The molecule has 3 rings (SSSR count). The number of carbonyl (C=O) groups excluding carboxylic acids is 1. The van der Waals surface area contributed by atoms with E-state index in [9.17, 15) is 9.18 Å². The van der Waals surface area contributed by atoms with Crippen molar-refractivity contribution in [1.82, 2.24) is 4.90 Å². The van der Waals surface area contributed by atoms with Crippen molar-refractivity contribution >= 4 is 21.7 Å². The number of hydrogen-bond acceptors (Lipinski definition) is 2. The third-order valence-electron chi connectivity index (χ3n) is 3.79. The van der Waals surface area contributed by atoms with Crippen molar-refractivity contribution in [3.05, 3.63) is 69.4 Å². The summed E-state index contributed by atoms with van der Waals surface area (Å²) < 4.78 is 14.0. The fourth-order valence-electron chi connectivity index (χ4n) is 2.45. The summed E-state index contributed by atoms with van der Waals surface area (Å²) in [6, 6.07) is 12.1. The molecule has 2 aromatic rings. The number of nitrogens with zero attached hydrogens (tertiary/aromatic N) is 1. The normalized spacial score (nSPS) is 14.8. The lowest BCUT2D eigenvalue weighted by Crippen LogP contribution is -2.36. The molecule has 4 heteroatoms. The summed E-state index contributed by atoms with van der Waals surface area (Å²) in [6.07, 6.45) is 1.22. The molecule has 0 N–H and O–H groups in total. The van der Waals surface area contributed by atoms with Gasteiger partial charge in [-0.25, -0.2) is 4.39 Å². The molecule has 1 fully saturated rings. The molecule has 1 aliphatic rings. The number of rotatable bonds is 4. The van der Waals surface area contributed by atoms with Crippen LogP contribution >= 0.6 is 15.9 Å². The molecule has 0 bridgehead atoms. The molecule has 108 valence electrons. The largest absolute Gasteiger partial charge is 0.299 e. The molecule has 0 radical (unpaired) electrons. The topological polar surface area (TPSA) is 20.3 Å². The summed E-state index contributed by atoms with van der Waals surface area (Å²) in [5, 5.41) is 0. The Morgan fingerprint density at radius 1 is 1.19 bits per heavy atom. The second-order valence-electron chi connectivity index (χ2n) is 5.24. The second kappa shape index (κ2) is 6.08. The molecule has 0 spiro atoms. The summed E-state index contributed by atoms with van der Waals surface area (Å²) in [5.41, 5.74) is 2.04. The third-order valence-corrected chi connectivity index (χ3v) is 4.43. The minimum Gasteiger partial charge on any atom is -0.299 e. The number of benzene rings is 2. The Labute approximate surface area is 131 Å². The van der Waals surface area contributed by atoms with E-state index in [0.29, 0.717) is 15.6 Å². The number of hydrogen-bond donors (Lipinski definition) is 0. The van der Waals surface area contributed by atoms with Gasteiger partial charge in [-0.05, 0) is 59.2 Å². The number of halogens is 2. The Morgan fingerprint density at radius 3 is 2.62 bits per heavy atom. The maximum Gasteiger partial charge on any atom is 0.193 e. The van der Waals surface area contributed by atoms with Crippen LogP contribution in [0.2, 0.25) is 0 Å². The van der Waals surface area contributed by atoms with Crippen LogP contribution in [-0.2, 0) is 6.54 Å². The van der Waals surface area contributed by atoms with E-state index in [2.05, 4.69) is 20.8 Å². The van der Waals surface area contributed by atoms with Crippen molar-refractivity contribution in [1.29, 1.82) is 0 Å². The fraction of sp³-hybridized carbons (Fsp3) is 0.235. The summed E-state index contributed by atoms with van der Waals surface area (Å²) in [7, 11) is 0. The summed E-state index contributed by atoms with van der Waals surface area (Å²) >= 11 is 3.11. The molecule has 1 heterocycles. The van der Waals surface area contributed by atoms with E-state index >= 15 is 0 Å². The van der Waals surface area contributed by atoms with Gasteiger partial charge in [0, 0.05) is 17.7 Å². The average molecular weight is 348 g/mol. The summed E-state index contributed by atoms with van der Waals surface area (Å²) in [4.78, 5) is 14.9. The second-order valence-corrected chi connectivity index (χ2v) is 6.10. The van der Waals surface area contributed by atoms with Crippen LogP contribution < -0.4 is 0 Å². The maximum absolute atomic E-state index is 13.6. The molecular formula is C17H15BrFNO. The molecule has 2 nitrogen and oxygen atoms in total. The van der Waals surface area contributed by atoms with Crippen LogP contribution in [0.4, 0.5) is 4.39 Å². The Kier molecular flexibility index (Phi) is 4.17. The maximum atomic E-state index is 13.6.